The van der Waals surface area contributed by atoms with E-state index in [1.807, 2.05) is 0 Å². The van der Waals surface area contributed by atoms with Gasteiger partial charge in [-0.1, -0.05) is 20.8 Å². The molecule has 1 saturated heterocycles. The lowest BCUT2D eigenvalue weighted by Crippen LogP contribution is -2.45. The van der Waals surface area contributed by atoms with Gasteiger partial charge in [-0.05, 0) is 24.3 Å². The van der Waals surface area contributed by atoms with Crippen molar-refractivity contribution in [1.82, 2.24) is 5.32 Å². The molecule has 0 aromatic carbocycles. The minimum absolute atomic E-state index is 0. The largest absolute Gasteiger partial charge is 0.391 e. The molecule has 1 aliphatic heterocycles. The van der Waals surface area contributed by atoms with Crippen LogP contribution in [0.5, 0.6) is 0 Å². The third-order valence-electron chi connectivity index (χ3n) is 2.56. The average molecular weight is 194 g/mol. The van der Waals surface area contributed by atoms with E-state index in [9.17, 15) is 5.11 Å². The lowest BCUT2D eigenvalue weighted by atomic mass is 9.74. The third kappa shape index (κ3) is 2.92. The lowest BCUT2D eigenvalue weighted by Gasteiger charge is -2.38. The zero-order valence-electron chi connectivity index (χ0n) is 8.13. The van der Waals surface area contributed by atoms with Crippen LogP contribution in [-0.2, 0) is 0 Å². The molecule has 2 unspecified atom stereocenters. The van der Waals surface area contributed by atoms with Gasteiger partial charge in [0, 0.05) is 6.54 Å². The van der Waals surface area contributed by atoms with Gasteiger partial charge in [0.15, 0.2) is 0 Å². The summed E-state index contributed by atoms with van der Waals surface area (Å²) in [6, 6.07) is 0. The van der Waals surface area contributed by atoms with Crippen molar-refractivity contribution in [2.75, 3.05) is 13.1 Å². The van der Waals surface area contributed by atoms with Gasteiger partial charge in [-0.2, -0.15) is 0 Å². The molecule has 1 rings (SSSR count). The van der Waals surface area contributed by atoms with E-state index in [1.54, 1.807) is 0 Å². The van der Waals surface area contributed by atoms with Gasteiger partial charge < -0.3 is 10.4 Å². The first kappa shape index (κ1) is 12.2. The normalized spacial score (nSPS) is 31.0. The molecule has 0 aromatic rings. The molecule has 0 radical (unpaired) electrons. The molecule has 1 aliphatic rings. The van der Waals surface area contributed by atoms with Crippen LogP contribution in [-0.4, -0.2) is 24.3 Å². The van der Waals surface area contributed by atoms with Gasteiger partial charge in [0.05, 0.1) is 6.10 Å². The van der Waals surface area contributed by atoms with Gasteiger partial charge in [0.1, 0.15) is 0 Å². The molecule has 0 aliphatic carbocycles. The number of aliphatic hydroxyl groups is 1. The predicted octanol–water partition coefficient (Wildman–Crippen LogP) is 1.42. The Kier molecular flexibility index (Phi) is 4.53. The molecule has 1 fully saturated rings. The maximum Gasteiger partial charge on any atom is 0.0698 e. The zero-order chi connectivity index (χ0) is 8.48. The number of aliphatic hydroxyl groups excluding tert-OH is 1. The Morgan fingerprint density at radius 3 is 2.25 bits per heavy atom. The van der Waals surface area contributed by atoms with Gasteiger partial charge in [-0.3, -0.25) is 0 Å². The lowest BCUT2D eigenvalue weighted by molar-refractivity contribution is 0.0206. The maximum absolute atomic E-state index is 9.64. The zero-order valence-corrected chi connectivity index (χ0v) is 8.95. The minimum Gasteiger partial charge on any atom is -0.391 e. The first-order valence-corrected chi connectivity index (χ1v) is 4.40. The molecule has 1 heterocycles. The van der Waals surface area contributed by atoms with Crippen molar-refractivity contribution < 1.29 is 5.11 Å². The van der Waals surface area contributed by atoms with E-state index >= 15 is 0 Å². The summed E-state index contributed by atoms with van der Waals surface area (Å²) in [5.74, 6) is 0.462. The molecule has 0 bridgehead atoms. The Balaban J connectivity index is 0.00000121. The van der Waals surface area contributed by atoms with Crippen LogP contribution in [0.1, 0.15) is 27.2 Å². The van der Waals surface area contributed by atoms with Gasteiger partial charge in [0.2, 0.25) is 0 Å². The summed E-state index contributed by atoms with van der Waals surface area (Å²) in [7, 11) is 0. The summed E-state index contributed by atoms with van der Waals surface area (Å²) in [5.41, 5.74) is 0.252. The Morgan fingerprint density at radius 2 is 1.92 bits per heavy atom. The number of β-amino-alcohol motifs (C(OH)–C–C–N with tert-alkyl or cyclic N) is 1. The van der Waals surface area contributed by atoms with Crippen LogP contribution in [0.15, 0.2) is 0 Å². The molecular formula is C9H20ClNO. The van der Waals surface area contributed by atoms with E-state index in [-0.39, 0.29) is 23.9 Å². The van der Waals surface area contributed by atoms with Crippen LogP contribution in [0, 0.1) is 11.3 Å². The van der Waals surface area contributed by atoms with Crippen molar-refractivity contribution in [3.05, 3.63) is 0 Å². The minimum atomic E-state index is -0.149. The van der Waals surface area contributed by atoms with Crippen molar-refractivity contribution in [2.24, 2.45) is 11.3 Å². The van der Waals surface area contributed by atoms with Crippen LogP contribution < -0.4 is 5.32 Å². The van der Waals surface area contributed by atoms with Crippen molar-refractivity contribution in [1.29, 1.82) is 0 Å². The van der Waals surface area contributed by atoms with E-state index in [1.165, 1.54) is 0 Å². The molecule has 74 valence electrons. The molecule has 0 amide bonds. The number of rotatable bonds is 0. The highest BCUT2D eigenvalue weighted by molar-refractivity contribution is 5.85. The van der Waals surface area contributed by atoms with E-state index in [2.05, 4.69) is 26.1 Å². The molecule has 2 nitrogen and oxygen atoms in total. The fourth-order valence-electron chi connectivity index (χ4n) is 1.85. The van der Waals surface area contributed by atoms with Crippen LogP contribution in [0.2, 0.25) is 0 Å². The topological polar surface area (TPSA) is 32.3 Å². The number of piperidine rings is 1. The SMILES string of the molecule is CC(C)(C)C1CCNCC1O.Cl. The van der Waals surface area contributed by atoms with E-state index < -0.39 is 0 Å². The first-order valence-electron chi connectivity index (χ1n) is 4.40. The molecule has 2 atom stereocenters. The van der Waals surface area contributed by atoms with Crippen LogP contribution in [0.3, 0.4) is 0 Å². The second-order valence-electron chi connectivity index (χ2n) is 4.53. The number of hydrogen-bond donors (Lipinski definition) is 2. The molecule has 12 heavy (non-hydrogen) atoms. The van der Waals surface area contributed by atoms with Gasteiger partial charge >= 0.3 is 0 Å². The van der Waals surface area contributed by atoms with Crippen molar-refractivity contribution in [2.45, 2.75) is 33.3 Å². The summed E-state index contributed by atoms with van der Waals surface area (Å²) >= 11 is 0. The van der Waals surface area contributed by atoms with E-state index in [4.69, 9.17) is 0 Å². The second kappa shape index (κ2) is 4.45. The Hall–Kier alpha value is 0.210. The highest BCUT2D eigenvalue weighted by Crippen LogP contribution is 2.32. The molecule has 0 aromatic heterocycles. The summed E-state index contributed by atoms with van der Waals surface area (Å²) in [6.07, 6.45) is 0.953. The Labute approximate surface area is 81.2 Å². The highest BCUT2D eigenvalue weighted by Gasteiger charge is 2.32. The molecule has 0 saturated carbocycles. The molecule has 0 spiro atoms. The van der Waals surface area contributed by atoms with Gasteiger partial charge in [-0.25, -0.2) is 0 Å². The number of nitrogens with one attached hydrogen (secondary N) is 1. The van der Waals surface area contributed by atoms with E-state index in [0.29, 0.717) is 5.92 Å². The monoisotopic (exact) mass is 193 g/mol. The first-order chi connectivity index (χ1) is 5.02. The highest BCUT2D eigenvalue weighted by atomic mass is 35.5. The number of hydrogen-bond acceptors (Lipinski definition) is 2. The van der Waals surface area contributed by atoms with Crippen LogP contribution >= 0.6 is 12.4 Å². The standard InChI is InChI=1S/C9H19NO.ClH/c1-9(2,3)7-4-5-10-6-8(7)11;/h7-8,10-11H,4-6H2,1-3H3;1H. The fourth-order valence-corrected chi connectivity index (χ4v) is 1.85. The van der Waals surface area contributed by atoms with Crippen molar-refractivity contribution in [3.63, 3.8) is 0 Å². The predicted molar refractivity (Wildman–Crippen MR) is 53.7 cm³/mol. The smallest absolute Gasteiger partial charge is 0.0698 e. The van der Waals surface area contributed by atoms with Crippen molar-refractivity contribution in [3.8, 4) is 0 Å². The Morgan fingerprint density at radius 1 is 1.33 bits per heavy atom. The molecule has 2 N–H and O–H groups in total. The van der Waals surface area contributed by atoms with Crippen molar-refractivity contribution >= 4 is 12.4 Å². The fraction of sp³-hybridized carbons (Fsp3) is 1.00. The second-order valence-corrected chi connectivity index (χ2v) is 4.53. The summed E-state index contributed by atoms with van der Waals surface area (Å²) in [5, 5.41) is 12.8. The maximum atomic E-state index is 9.64. The molecular weight excluding hydrogens is 174 g/mol. The quantitative estimate of drug-likeness (QED) is 0.610. The summed E-state index contributed by atoms with van der Waals surface area (Å²) in [4.78, 5) is 0. The van der Waals surface area contributed by atoms with E-state index in [0.717, 1.165) is 19.5 Å². The third-order valence-corrected chi connectivity index (χ3v) is 2.56. The average Bonchev–Trinajstić information content (AvgIpc) is 1.86. The van der Waals surface area contributed by atoms with Gasteiger partial charge in [-0.15, -0.1) is 12.4 Å². The molecule has 3 heteroatoms. The summed E-state index contributed by atoms with van der Waals surface area (Å²) in [6.45, 7) is 8.42. The van der Waals surface area contributed by atoms with Gasteiger partial charge in [0.25, 0.3) is 0 Å². The Bertz CT molecular complexity index is 133. The number of halogens is 1. The van der Waals surface area contributed by atoms with Crippen LogP contribution in [0.25, 0.3) is 0 Å². The van der Waals surface area contributed by atoms with Crippen LogP contribution in [0.4, 0.5) is 0 Å². The summed E-state index contributed by atoms with van der Waals surface area (Å²) < 4.78 is 0.